The van der Waals surface area contributed by atoms with Crippen LogP contribution in [0.2, 0.25) is 78.6 Å². The van der Waals surface area contributed by atoms with Gasteiger partial charge in [-0.2, -0.15) is 0 Å². The number of nitrogens with zero attached hydrogens (tertiary/aromatic N) is 2. The predicted molar refractivity (Wildman–Crippen MR) is 201 cm³/mol. The molecule has 0 aliphatic carbocycles. The summed E-state index contributed by atoms with van der Waals surface area (Å²) < 4.78 is 0. The molecule has 1 heterocycles. The van der Waals surface area contributed by atoms with Gasteiger partial charge in [0.05, 0.1) is 14.2 Å². The lowest BCUT2D eigenvalue weighted by Gasteiger charge is -2.81. The van der Waals surface area contributed by atoms with Crippen LogP contribution in [-0.2, 0) is 0 Å². The highest BCUT2D eigenvalue weighted by atomic mass is 29.7. The summed E-state index contributed by atoms with van der Waals surface area (Å²) in [4.78, 5) is 4.92. The standard InChI is InChI=1S/C32H62N2Si6/c1-25-19-21-29(33(3)4)27(23-25)31-39(35(7,8)9,36(10,11)12)32(40(31,37(13,14)15)38(16,17)18)28-24-26(2)20-22-30(28)34(5)6/h19-24,31-32H,1-18H3. The molecular formula is C32H62N2Si6. The molecule has 8 heteroatoms. The van der Waals surface area contributed by atoms with Gasteiger partial charge in [-0.15, -0.1) is 0 Å². The van der Waals surface area contributed by atoms with E-state index in [-0.39, 0.29) is 0 Å². The third-order valence-electron chi connectivity index (χ3n) is 10.7. The zero-order valence-corrected chi connectivity index (χ0v) is 35.5. The van der Waals surface area contributed by atoms with Crippen molar-refractivity contribution in [3.05, 3.63) is 58.7 Å². The van der Waals surface area contributed by atoms with E-state index in [4.69, 9.17) is 0 Å². The van der Waals surface area contributed by atoms with E-state index in [1.165, 1.54) is 22.5 Å². The van der Waals surface area contributed by atoms with Gasteiger partial charge in [0.25, 0.3) is 0 Å². The van der Waals surface area contributed by atoms with Crippen molar-refractivity contribution in [2.75, 3.05) is 38.0 Å². The average Bonchev–Trinajstić information content (AvgIpc) is 2.68. The molecule has 3 rings (SSSR count). The Kier molecular flexibility index (Phi) is 8.89. The summed E-state index contributed by atoms with van der Waals surface area (Å²) in [6.07, 6.45) is 0. The Morgan fingerprint density at radius 3 is 0.925 bits per heavy atom. The van der Waals surface area contributed by atoms with Crippen LogP contribution < -0.4 is 9.80 Å². The van der Waals surface area contributed by atoms with E-state index in [0.717, 1.165) is 10.3 Å². The normalized spacial score (nSPS) is 21.1. The van der Waals surface area contributed by atoms with Gasteiger partial charge < -0.3 is 9.80 Å². The molecule has 2 nitrogen and oxygen atoms in total. The molecule has 0 amide bonds. The second kappa shape index (κ2) is 10.5. The summed E-state index contributed by atoms with van der Waals surface area (Å²) in [5, 5.41) is 1.74. The Bertz CT molecular complexity index is 1100. The molecule has 0 bridgehead atoms. The van der Waals surface area contributed by atoms with Crippen molar-refractivity contribution in [1.82, 2.24) is 0 Å². The summed E-state index contributed by atoms with van der Waals surface area (Å²) in [5.74, 6) is 0. The number of hydrogen-bond donors (Lipinski definition) is 0. The SMILES string of the molecule is Cc1ccc(N(C)C)c(C2[Si]([Si](C)(C)C)([Si](C)(C)C)C(c3cc(C)ccc3N(C)C)[Si]2([Si](C)(C)C)[Si](C)(C)C)c1. The average molecular weight is 643 g/mol. The van der Waals surface area contributed by atoms with Crippen molar-refractivity contribution in [2.45, 2.75) is 103 Å². The minimum Gasteiger partial charge on any atom is -0.377 e. The van der Waals surface area contributed by atoms with Crippen LogP contribution in [0.5, 0.6) is 0 Å². The monoisotopic (exact) mass is 642 g/mol. The van der Waals surface area contributed by atoms with Gasteiger partial charge in [0.15, 0.2) is 0 Å². The summed E-state index contributed by atoms with van der Waals surface area (Å²) >= 11 is 0. The molecule has 0 saturated carbocycles. The first-order chi connectivity index (χ1) is 17.9. The van der Waals surface area contributed by atoms with Gasteiger partial charge in [-0.05, 0) is 47.4 Å². The molecule has 2 aromatic rings. The lowest BCUT2D eigenvalue weighted by Crippen LogP contribution is -3.01. The quantitative estimate of drug-likeness (QED) is 0.265. The molecule has 0 radical (unpaired) electrons. The number of aryl methyl sites for hydroxylation is 2. The van der Waals surface area contributed by atoms with E-state index in [1.807, 2.05) is 0 Å². The van der Waals surface area contributed by atoms with Crippen LogP contribution in [-0.4, -0.2) is 72.8 Å². The van der Waals surface area contributed by atoms with Crippen LogP contribution in [0.3, 0.4) is 0 Å². The fraction of sp³-hybridized carbons (Fsp3) is 0.625. The molecule has 1 fully saturated rings. The third kappa shape index (κ3) is 4.80. The maximum absolute atomic E-state index is 2.82. The highest BCUT2D eigenvalue weighted by Gasteiger charge is 2.85. The lowest BCUT2D eigenvalue weighted by atomic mass is 10.1. The Balaban J connectivity index is 2.76. The fourth-order valence-electron chi connectivity index (χ4n) is 10.3. The Hall–Kier alpha value is -0.659. The Morgan fingerprint density at radius 2 is 0.725 bits per heavy atom. The molecule has 2 aromatic carbocycles. The maximum Gasteiger partial charge on any atom is 0.0508 e. The van der Waals surface area contributed by atoms with Crippen molar-refractivity contribution in [3.8, 4) is 0 Å². The van der Waals surface area contributed by atoms with Crippen molar-refractivity contribution in [2.24, 2.45) is 0 Å². The van der Waals surface area contributed by atoms with E-state index in [1.54, 1.807) is 11.1 Å². The Labute approximate surface area is 254 Å². The molecule has 1 aliphatic rings. The van der Waals surface area contributed by atoms with Gasteiger partial charge in [0.2, 0.25) is 0 Å². The molecule has 1 saturated heterocycles. The molecule has 0 atom stereocenters. The zero-order chi connectivity index (χ0) is 31.0. The van der Waals surface area contributed by atoms with Gasteiger partial charge >= 0.3 is 0 Å². The van der Waals surface area contributed by atoms with Gasteiger partial charge in [-0.1, -0.05) is 114 Å². The molecule has 0 unspecified atom stereocenters. The Morgan fingerprint density at radius 1 is 0.475 bits per heavy atom. The predicted octanol–water partition coefficient (Wildman–Crippen LogP) is 9.04. The molecule has 224 valence electrons. The minimum atomic E-state index is -1.89. The largest absolute Gasteiger partial charge is 0.377 e. The number of rotatable bonds is 8. The molecular weight excluding hydrogens is 581 g/mol. The van der Waals surface area contributed by atoms with E-state index in [9.17, 15) is 0 Å². The van der Waals surface area contributed by atoms with E-state index in [2.05, 4.69) is 167 Å². The van der Waals surface area contributed by atoms with Crippen molar-refractivity contribution < 1.29 is 0 Å². The molecule has 0 N–H and O–H groups in total. The first-order valence-electron chi connectivity index (χ1n) is 15.4. The van der Waals surface area contributed by atoms with Crippen molar-refractivity contribution in [1.29, 1.82) is 0 Å². The summed E-state index contributed by atoms with van der Waals surface area (Å²) in [5.41, 5.74) is 9.52. The van der Waals surface area contributed by atoms with Crippen LogP contribution in [0.15, 0.2) is 36.4 Å². The van der Waals surface area contributed by atoms with E-state index < -0.39 is 44.6 Å². The van der Waals surface area contributed by atoms with Crippen molar-refractivity contribution in [3.63, 3.8) is 0 Å². The highest BCUT2D eigenvalue weighted by Crippen LogP contribution is 2.71. The topological polar surface area (TPSA) is 6.48 Å². The van der Waals surface area contributed by atoms with Gasteiger partial charge in [-0.3, -0.25) is 0 Å². The molecule has 1 aliphatic heterocycles. The molecule has 40 heavy (non-hydrogen) atoms. The second-order valence-corrected chi connectivity index (χ2v) is 73.4. The first kappa shape index (κ1) is 33.8. The highest BCUT2D eigenvalue weighted by molar-refractivity contribution is 7.87. The van der Waals surface area contributed by atoms with Crippen LogP contribution in [0.1, 0.15) is 32.6 Å². The minimum absolute atomic E-state index is 0.870. The van der Waals surface area contributed by atoms with Crippen LogP contribution in [0, 0.1) is 13.8 Å². The van der Waals surface area contributed by atoms with E-state index in [0.29, 0.717) is 0 Å². The van der Waals surface area contributed by atoms with Gasteiger partial charge in [0.1, 0.15) is 0 Å². The molecule has 0 aromatic heterocycles. The third-order valence-corrected chi connectivity index (χ3v) is 102. The summed E-state index contributed by atoms with van der Waals surface area (Å²) in [7, 11) is -0.996. The van der Waals surface area contributed by atoms with Crippen LogP contribution >= 0.6 is 0 Å². The summed E-state index contributed by atoms with van der Waals surface area (Å²) in [6, 6.07) is 15.1. The smallest absolute Gasteiger partial charge is 0.0508 e. The van der Waals surface area contributed by atoms with E-state index >= 15 is 0 Å². The van der Waals surface area contributed by atoms with Crippen molar-refractivity contribution >= 4 is 56.0 Å². The van der Waals surface area contributed by atoms with Gasteiger partial charge in [0, 0.05) is 69.9 Å². The number of benzene rings is 2. The maximum atomic E-state index is 2.82. The summed E-state index contributed by atoms with van der Waals surface area (Å²) in [6.45, 7) is 38.5. The molecule has 0 spiro atoms. The lowest BCUT2D eigenvalue weighted by molar-refractivity contribution is 0.992. The van der Waals surface area contributed by atoms with Crippen LogP contribution in [0.25, 0.3) is 0 Å². The zero-order valence-electron chi connectivity index (χ0n) is 29.5. The second-order valence-electron chi connectivity index (χ2n) is 17.5. The first-order valence-corrected chi connectivity index (χ1v) is 37.8. The fourth-order valence-corrected chi connectivity index (χ4v) is 168. The van der Waals surface area contributed by atoms with Crippen LogP contribution in [0.4, 0.5) is 11.4 Å². The number of hydrogen-bond acceptors (Lipinski definition) is 2. The number of anilines is 2. The van der Waals surface area contributed by atoms with Gasteiger partial charge in [-0.25, -0.2) is 0 Å².